The highest BCUT2D eigenvalue weighted by molar-refractivity contribution is 8.76. The van der Waals surface area contributed by atoms with Crippen LogP contribution >= 0.6 is 21.6 Å². The van der Waals surface area contributed by atoms with E-state index in [0.717, 1.165) is 37.7 Å². The van der Waals surface area contributed by atoms with Crippen molar-refractivity contribution in [2.75, 3.05) is 31.4 Å². The molecule has 0 aromatic rings. The van der Waals surface area contributed by atoms with Gasteiger partial charge in [0.25, 0.3) is 0 Å². The van der Waals surface area contributed by atoms with Crippen LogP contribution in [0.5, 0.6) is 0 Å². The molecule has 0 aliphatic heterocycles. The molecule has 0 saturated heterocycles. The van der Waals surface area contributed by atoms with Crippen molar-refractivity contribution in [2.24, 2.45) is 5.92 Å². The molecule has 0 aliphatic carbocycles. The molecule has 0 fully saturated rings. The summed E-state index contributed by atoms with van der Waals surface area (Å²) >= 11 is 0. The Bertz CT molecular complexity index is 311. The molecule has 0 atom stereocenters. The summed E-state index contributed by atoms with van der Waals surface area (Å²) in [5.74, 6) is 2.48. The maximum absolute atomic E-state index is 11.6. The minimum Gasteiger partial charge on any atom is -0.370 e. The summed E-state index contributed by atoms with van der Waals surface area (Å²) in [6, 6.07) is 0.556. The average Bonchev–Trinajstić information content (AvgIpc) is 2.48. The predicted molar refractivity (Wildman–Crippen MR) is 105 cm³/mol. The molecule has 136 valence electrons. The smallest absolute Gasteiger partial charge is 0.220 e. The number of ether oxygens (including phenoxy) is 1. The summed E-state index contributed by atoms with van der Waals surface area (Å²) in [5, 5.41) is 6.28. The van der Waals surface area contributed by atoms with Crippen molar-refractivity contribution in [2.45, 2.75) is 53.0 Å². The number of carbonyl (C=O) groups is 1. The van der Waals surface area contributed by atoms with Crippen molar-refractivity contribution < 1.29 is 9.53 Å². The van der Waals surface area contributed by atoms with E-state index in [0.29, 0.717) is 24.9 Å². The van der Waals surface area contributed by atoms with Gasteiger partial charge in [0.15, 0.2) is 0 Å². The van der Waals surface area contributed by atoms with Gasteiger partial charge in [-0.25, -0.2) is 0 Å². The Balaban J connectivity index is 3.22. The molecule has 0 saturated carbocycles. The number of unbranched alkanes of at least 4 members (excludes halogenated alkanes) is 1. The van der Waals surface area contributed by atoms with Crippen molar-refractivity contribution in [3.05, 3.63) is 12.2 Å². The molecule has 0 rings (SSSR count). The van der Waals surface area contributed by atoms with Crippen LogP contribution in [-0.4, -0.2) is 43.3 Å². The molecular formula is C17H34N2O2S2. The fraction of sp³-hybridized carbons (Fsp3) is 0.824. The molecular weight excluding hydrogens is 328 g/mol. The molecule has 6 heteroatoms. The third-order valence-corrected chi connectivity index (χ3v) is 4.92. The van der Waals surface area contributed by atoms with Gasteiger partial charge >= 0.3 is 0 Å². The zero-order valence-corrected chi connectivity index (χ0v) is 16.7. The number of hydrogen-bond acceptors (Lipinski definition) is 5. The lowest BCUT2D eigenvalue weighted by Crippen LogP contribution is -2.24. The van der Waals surface area contributed by atoms with E-state index >= 15 is 0 Å². The second kappa shape index (κ2) is 16.7. The molecule has 0 heterocycles. The van der Waals surface area contributed by atoms with Gasteiger partial charge in [-0.3, -0.25) is 4.79 Å². The number of amides is 1. The van der Waals surface area contributed by atoms with Gasteiger partial charge in [-0.05, 0) is 18.8 Å². The van der Waals surface area contributed by atoms with Crippen LogP contribution in [-0.2, 0) is 9.53 Å². The van der Waals surface area contributed by atoms with Crippen LogP contribution in [0.1, 0.15) is 47.0 Å². The molecule has 1 amide bonds. The van der Waals surface area contributed by atoms with E-state index in [1.165, 1.54) is 0 Å². The first-order chi connectivity index (χ1) is 11.0. The number of nitrogens with one attached hydrogen (secondary N) is 2. The molecule has 0 unspecified atom stereocenters. The third-order valence-electron chi connectivity index (χ3n) is 2.83. The molecule has 0 bridgehead atoms. The Kier molecular flexibility index (Phi) is 16.6. The van der Waals surface area contributed by atoms with Crippen LogP contribution in [0.3, 0.4) is 0 Å². The standard InChI is InChI=1S/C17H34N2O2S2/c1-15(2)8-7-10-19-17(20)9-5-6-12-21-14-23-22-13-11-18-16(3)4/h7-8,15-16,18H,5-6,9-14H2,1-4H3,(H,19,20)/b8-7+. The molecule has 0 aliphatic rings. The summed E-state index contributed by atoms with van der Waals surface area (Å²) in [6.45, 7) is 11.0. The van der Waals surface area contributed by atoms with Gasteiger partial charge in [0, 0.05) is 37.9 Å². The monoisotopic (exact) mass is 362 g/mol. The highest BCUT2D eigenvalue weighted by Crippen LogP contribution is 2.20. The quantitative estimate of drug-likeness (QED) is 0.201. The Morgan fingerprint density at radius 2 is 1.96 bits per heavy atom. The van der Waals surface area contributed by atoms with E-state index in [-0.39, 0.29) is 5.91 Å². The van der Waals surface area contributed by atoms with E-state index in [2.05, 4.69) is 44.4 Å². The highest BCUT2D eigenvalue weighted by Gasteiger charge is 1.99. The van der Waals surface area contributed by atoms with Crippen LogP contribution in [0.4, 0.5) is 0 Å². The van der Waals surface area contributed by atoms with Gasteiger partial charge in [0.05, 0.1) is 0 Å². The van der Waals surface area contributed by atoms with Crippen molar-refractivity contribution in [3.63, 3.8) is 0 Å². The van der Waals surface area contributed by atoms with Gasteiger partial charge in [0.2, 0.25) is 5.91 Å². The Morgan fingerprint density at radius 3 is 2.65 bits per heavy atom. The fourth-order valence-electron chi connectivity index (χ4n) is 1.67. The summed E-state index contributed by atoms with van der Waals surface area (Å²) in [4.78, 5) is 11.6. The van der Waals surface area contributed by atoms with Crippen LogP contribution in [0.2, 0.25) is 0 Å². The maximum atomic E-state index is 11.6. The van der Waals surface area contributed by atoms with Gasteiger partial charge < -0.3 is 15.4 Å². The van der Waals surface area contributed by atoms with Crippen molar-refractivity contribution in [3.8, 4) is 0 Å². The van der Waals surface area contributed by atoms with Crippen molar-refractivity contribution in [1.82, 2.24) is 10.6 Å². The summed E-state index contributed by atoms with van der Waals surface area (Å²) in [6.07, 6.45) is 6.52. The summed E-state index contributed by atoms with van der Waals surface area (Å²) in [7, 11) is 3.59. The third kappa shape index (κ3) is 19.8. The molecule has 23 heavy (non-hydrogen) atoms. The predicted octanol–water partition coefficient (Wildman–Crippen LogP) is 3.84. The van der Waals surface area contributed by atoms with Crippen LogP contribution in [0.15, 0.2) is 12.2 Å². The SMILES string of the molecule is CC(C)/C=C/CNC(=O)CCCCOCSSCCNC(C)C. The first-order valence-corrected chi connectivity index (χ1v) is 11.0. The summed E-state index contributed by atoms with van der Waals surface area (Å²) < 4.78 is 5.55. The van der Waals surface area contributed by atoms with E-state index in [4.69, 9.17) is 4.74 Å². The Labute approximate surface area is 150 Å². The zero-order valence-electron chi connectivity index (χ0n) is 15.1. The minimum absolute atomic E-state index is 0.126. The summed E-state index contributed by atoms with van der Waals surface area (Å²) in [5.41, 5.74) is 0. The molecule has 0 aromatic heterocycles. The highest BCUT2D eigenvalue weighted by atomic mass is 33.1. The minimum atomic E-state index is 0.126. The van der Waals surface area contributed by atoms with Gasteiger partial charge in [-0.2, -0.15) is 0 Å². The molecule has 0 spiro atoms. The second-order valence-electron chi connectivity index (χ2n) is 6.01. The topological polar surface area (TPSA) is 50.4 Å². The maximum Gasteiger partial charge on any atom is 0.220 e. The Morgan fingerprint density at radius 1 is 1.17 bits per heavy atom. The number of allylic oxidation sites excluding steroid dienone is 1. The molecule has 0 aromatic carbocycles. The lowest BCUT2D eigenvalue weighted by molar-refractivity contribution is -0.121. The molecule has 4 nitrogen and oxygen atoms in total. The average molecular weight is 363 g/mol. The lowest BCUT2D eigenvalue weighted by atomic mass is 10.2. The van der Waals surface area contributed by atoms with Crippen LogP contribution in [0, 0.1) is 5.92 Å². The lowest BCUT2D eigenvalue weighted by Gasteiger charge is -2.07. The van der Waals surface area contributed by atoms with Gasteiger partial charge in [-0.15, -0.1) is 0 Å². The first kappa shape index (κ1) is 22.8. The van der Waals surface area contributed by atoms with Crippen molar-refractivity contribution >= 4 is 27.5 Å². The van der Waals surface area contributed by atoms with E-state index in [1.54, 1.807) is 10.8 Å². The number of hydrogen-bond donors (Lipinski definition) is 2. The molecule has 0 radical (unpaired) electrons. The van der Waals surface area contributed by atoms with Crippen LogP contribution in [0.25, 0.3) is 0 Å². The zero-order chi connectivity index (χ0) is 17.3. The Hall–Kier alpha value is -0.170. The number of carbonyl (C=O) groups excluding carboxylic acids is 1. The second-order valence-corrected chi connectivity index (χ2v) is 8.54. The van der Waals surface area contributed by atoms with Crippen molar-refractivity contribution in [1.29, 1.82) is 0 Å². The van der Waals surface area contributed by atoms with E-state index < -0.39 is 0 Å². The van der Waals surface area contributed by atoms with E-state index in [1.807, 2.05) is 16.9 Å². The fourth-order valence-corrected chi connectivity index (χ4v) is 3.25. The van der Waals surface area contributed by atoms with Gasteiger partial charge in [-0.1, -0.05) is 61.4 Å². The van der Waals surface area contributed by atoms with E-state index in [9.17, 15) is 4.79 Å². The largest absolute Gasteiger partial charge is 0.370 e. The normalized spacial score (nSPS) is 11.7. The van der Waals surface area contributed by atoms with Gasteiger partial charge in [0.1, 0.15) is 5.94 Å². The number of rotatable bonds is 15. The first-order valence-electron chi connectivity index (χ1n) is 8.51. The van der Waals surface area contributed by atoms with Crippen LogP contribution < -0.4 is 10.6 Å². The molecule has 2 N–H and O–H groups in total.